The Labute approximate surface area is 133 Å². The summed E-state index contributed by atoms with van der Waals surface area (Å²) < 4.78 is 58.5. The minimum atomic E-state index is -4.21. The first-order valence-corrected chi connectivity index (χ1v) is 8.22. The minimum Gasteiger partial charge on any atom is -0.383 e. The third kappa shape index (κ3) is 4.31. The number of rotatable bonds is 7. The lowest BCUT2D eigenvalue weighted by atomic mass is 10.3. The van der Waals surface area contributed by atoms with Gasteiger partial charge in [-0.15, -0.1) is 0 Å². The zero-order chi connectivity index (χ0) is 16.9. The Morgan fingerprint density at radius 2 is 1.87 bits per heavy atom. The summed E-state index contributed by atoms with van der Waals surface area (Å²) in [5.74, 6) is -1.82. The Bertz CT molecular complexity index is 755. The minimum absolute atomic E-state index is 0.00413. The molecule has 2 rings (SSSR count). The molecule has 0 amide bonds. The van der Waals surface area contributed by atoms with Crippen LogP contribution in [0.25, 0.3) is 0 Å². The first-order valence-electron chi connectivity index (χ1n) is 6.78. The first-order chi connectivity index (χ1) is 10.9. The van der Waals surface area contributed by atoms with E-state index in [0.29, 0.717) is 11.6 Å². The second kappa shape index (κ2) is 7.58. The fourth-order valence-corrected chi connectivity index (χ4v) is 3.47. The van der Waals surface area contributed by atoms with E-state index >= 15 is 0 Å². The molecule has 1 aromatic heterocycles. The summed E-state index contributed by atoms with van der Waals surface area (Å²) in [6.07, 6.45) is 3.05. The lowest BCUT2D eigenvalue weighted by Crippen LogP contribution is -2.34. The highest BCUT2D eigenvalue weighted by atomic mass is 32.2. The molecule has 0 radical (unpaired) electrons. The van der Waals surface area contributed by atoms with Crippen molar-refractivity contribution in [2.24, 2.45) is 0 Å². The van der Waals surface area contributed by atoms with Crippen molar-refractivity contribution in [3.8, 4) is 0 Å². The molecule has 0 bridgehead atoms. The number of halogens is 2. The van der Waals surface area contributed by atoms with Crippen LogP contribution in [0.1, 0.15) is 5.56 Å². The second-order valence-electron chi connectivity index (χ2n) is 4.76. The van der Waals surface area contributed by atoms with E-state index in [9.17, 15) is 17.2 Å². The Morgan fingerprint density at radius 1 is 1.17 bits per heavy atom. The number of benzene rings is 1. The molecule has 23 heavy (non-hydrogen) atoms. The molecule has 0 aliphatic rings. The van der Waals surface area contributed by atoms with Crippen LogP contribution in [0.2, 0.25) is 0 Å². The highest BCUT2D eigenvalue weighted by molar-refractivity contribution is 7.89. The van der Waals surface area contributed by atoms with Crippen LogP contribution in [0.3, 0.4) is 0 Å². The van der Waals surface area contributed by atoms with Crippen molar-refractivity contribution in [1.29, 1.82) is 0 Å². The van der Waals surface area contributed by atoms with Gasteiger partial charge >= 0.3 is 0 Å². The molecule has 0 aliphatic carbocycles. The molecule has 0 aliphatic heterocycles. The van der Waals surface area contributed by atoms with Gasteiger partial charge in [-0.3, -0.25) is 4.98 Å². The van der Waals surface area contributed by atoms with Crippen LogP contribution in [0.4, 0.5) is 8.78 Å². The quantitative estimate of drug-likeness (QED) is 0.774. The van der Waals surface area contributed by atoms with Gasteiger partial charge in [0.15, 0.2) is 0 Å². The molecule has 5 nitrogen and oxygen atoms in total. The zero-order valence-corrected chi connectivity index (χ0v) is 13.3. The van der Waals surface area contributed by atoms with Crippen molar-refractivity contribution >= 4 is 10.0 Å². The van der Waals surface area contributed by atoms with E-state index in [4.69, 9.17) is 4.74 Å². The van der Waals surface area contributed by atoms with Crippen LogP contribution < -0.4 is 0 Å². The molecule has 2 aromatic rings. The number of nitrogens with zero attached hydrogens (tertiary/aromatic N) is 2. The molecule has 8 heteroatoms. The van der Waals surface area contributed by atoms with Gasteiger partial charge < -0.3 is 4.74 Å². The molecule has 0 N–H and O–H groups in total. The number of pyridine rings is 1. The smallest absolute Gasteiger partial charge is 0.246 e. The fourth-order valence-electron chi connectivity index (χ4n) is 1.98. The van der Waals surface area contributed by atoms with E-state index in [0.717, 1.165) is 16.4 Å². The lowest BCUT2D eigenvalue weighted by Gasteiger charge is -2.22. The predicted octanol–water partition coefficient (Wildman–Crippen LogP) is 2.20. The molecule has 0 fully saturated rings. The first kappa shape index (κ1) is 17.5. The topological polar surface area (TPSA) is 59.5 Å². The average molecular weight is 342 g/mol. The maximum Gasteiger partial charge on any atom is 0.246 e. The standard InChI is InChI=1S/C15H16F2N2O3S/c1-22-9-8-19(11-12-4-6-18-7-5-12)23(20,21)15-10-13(16)2-3-14(15)17/h2-7,10H,8-9,11H2,1H3. The van der Waals surface area contributed by atoms with Gasteiger partial charge in [-0.05, 0) is 35.9 Å². The number of aromatic nitrogens is 1. The van der Waals surface area contributed by atoms with Gasteiger partial charge in [0.1, 0.15) is 16.5 Å². The SMILES string of the molecule is COCCN(Cc1ccncc1)S(=O)(=O)c1cc(F)ccc1F. The van der Waals surface area contributed by atoms with Gasteiger partial charge in [0.05, 0.1) is 6.61 Å². The number of ether oxygens (including phenoxy) is 1. The van der Waals surface area contributed by atoms with Gasteiger partial charge in [-0.2, -0.15) is 4.31 Å². The zero-order valence-electron chi connectivity index (χ0n) is 12.4. The molecule has 124 valence electrons. The molecule has 0 saturated carbocycles. The Balaban J connectivity index is 2.38. The normalized spacial score (nSPS) is 11.8. The summed E-state index contributed by atoms with van der Waals surface area (Å²) in [6.45, 7) is 0.141. The van der Waals surface area contributed by atoms with Gasteiger partial charge in [-0.1, -0.05) is 0 Å². The van der Waals surface area contributed by atoms with E-state index in [-0.39, 0.29) is 19.7 Å². The number of hydrogen-bond donors (Lipinski definition) is 0. The molecular weight excluding hydrogens is 326 g/mol. The number of sulfonamides is 1. The summed E-state index contributed by atoms with van der Waals surface area (Å²) in [4.78, 5) is 3.17. The van der Waals surface area contributed by atoms with E-state index < -0.39 is 26.6 Å². The molecule has 0 saturated heterocycles. The third-order valence-corrected chi connectivity index (χ3v) is 5.02. The maximum absolute atomic E-state index is 13.9. The van der Waals surface area contributed by atoms with E-state index in [1.165, 1.54) is 19.5 Å². The summed E-state index contributed by atoms with van der Waals surface area (Å²) in [7, 11) is -2.78. The molecular formula is C15H16F2N2O3S. The Kier molecular flexibility index (Phi) is 5.75. The van der Waals surface area contributed by atoms with Gasteiger partial charge in [0, 0.05) is 32.6 Å². The predicted molar refractivity (Wildman–Crippen MR) is 80.1 cm³/mol. The van der Waals surface area contributed by atoms with Crippen LogP contribution in [-0.4, -0.2) is 38.0 Å². The van der Waals surface area contributed by atoms with Crippen LogP contribution >= 0.6 is 0 Å². The molecule has 0 atom stereocenters. The van der Waals surface area contributed by atoms with Crippen molar-refractivity contribution in [2.75, 3.05) is 20.3 Å². The molecule has 0 unspecified atom stereocenters. The van der Waals surface area contributed by atoms with E-state index in [2.05, 4.69) is 4.98 Å². The van der Waals surface area contributed by atoms with Crippen molar-refractivity contribution in [3.05, 3.63) is 59.9 Å². The molecule has 1 heterocycles. The van der Waals surface area contributed by atoms with Crippen molar-refractivity contribution in [3.63, 3.8) is 0 Å². The highest BCUT2D eigenvalue weighted by Crippen LogP contribution is 2.22. The highest BCUT2D eigenvalue weighted by Gasteiger charge is 2.28. The number of methoxy groups -OCH3 is 1. The van der Waals surface area contributed by atoms with Crippen molar-refractivity contribution in [2.45, 2.75) is 11.4 Å². The summed E-state index contributed by atoms with van der Waals surface area (Å²) >= 11 is 0. The summed E-state index contributed by atoms with van der Waals surface area (Å²) in [5, 5.41) is 0. The van der Waals surface area contributed by atoms with Crippen LogP contribution in [-0.2, 0) is 21.3 Å². The lowest BCUT2D eigenvalue weighted by molar-refractivity contribution is 0.177. The maximum atomic E-state index is 13.9. The second-order valence-corrected chi connectivity index (χ2v) is 6.67. The van der Waals surface area contributed by atoms with Gasteiger partial charge in [0.25, 0.3) is 0 Å². The number of hydrogen-bond acceptors (Lipinski definition) is 4. The monoisotopic (exact) mass is 342 g/mol. The van der Waals surface area contributed by atoms with Crippen molar-refractivity contribution < 1.29 is 21.9 Å². The largest absolute Gasteiger partial charge is 0.383 e. The van der Waals surface area contributed by atoms with Crippen LogP contribution in [0.15, 0.2) is 47.6 Å². The van der Waals surface area contributed by atoms with Crippen molar-refractivity contribution in [1.82, 2.24) is 9.29 Å². The van der Waals surface area contributed by atoms with E-state index in [1.807, 2.05) is 0 Å². The Hall–Kier alpha value is -1.90. The Morgan fingerprint density at radius 3 is 2.52 bits per heavy atom. The average Bonchev–Trinajstić information content (AvgIpc) is 2.54. The summed E-state index contributed by atoms with van der Waals surface area (Å²) in [5.41, 5.74) is 0.677. The summed E-state index contributed by atoms with van der Waals surface area (Å²) in [6, 6.07) is 5.64. The van der Waals surface area contributed by atoms with Crippen LogP contribution in [0.5, 0.6) is 0 Å². The fraction of sp³-hybridized carbons (Fsp3) is 0.267. The molecule has 0 spiro atoms. The van der Waals surface area contributed by atoms with Crippen LogP contribution in [0, 0.1) is 11.6 Å². The molecule has 1 aromatic carbocycles. The van der Waals surface area contributed by atoms with Gasteiger partial charge in [-0.25, -0.2) is 17.2 Å². The van der Waals surface area contributed by atoms with Gasteiger partial charge in [0.2, 0.25) is 10.0 Å². The van der Waals surface area contributed by atoms with E-state index in [1.54, 1.807) is 12.1 Å². The third-order valence-electron chi connectivity index (χ3n) is 3.16.